The quantitative estimate of drug-likeness (QED) is 0.435. The van der Waals surface area contributed by atoms with E-state index in [1.54, 1.807) is 36.1 Å². The third-order valence-corrected chi connectivity index (χ3v) is 3.94. The van der Waals surface area contributed by atoms with Gasteiger partial charge in [0.05, 0.1) is 17.7 Å². The third-order valence-electron chi connectivity index (χ3n) is 3.94. The van der Waals surface area contributed by atoms with Crippen LogP contribution < -0.4 is 5.48 Å². The minimum Gasteiger partial charge on any atom is -0.333 e. The van der Waals surface area contributed by atoms with Gasteiger partial charge in [-0.1, -0.05) is 30.8 Å². The van der Waals surface area contributed by atoms with Gasteiger partial charge >= 0.3 is 0 Å². The highest BCUT2D eigenvalue weighted by Gasteiger charge is 2.14. The van der Waals surface area contributed by atoms with Crippen LogP contribution in [0.5, 0.6) is 0 Å². The van der Waals surface area contributed by atoms with E-state index in [0.717, 1.165) is 22.5 Å². The van der Waals surface area contributed by atoms with Crippen LogP contribution in [0.25, 0.3) is 28.1 Å². The number of carbonyl (C=O) groups is 1. The van der Waals surface area contributed by atoms with Crippen molar-refractivity contribution in [2.75, 3.05) is 0 Å². The molecule has 6 heteroatoms. The zero-order valence-electron chi connectivity index (χ0n) is 13.5. The van der Waals surface area contributed by atoms with Gasteiger partial charge in [0.25, 0.3) is 5.91 Å². The second-order valence-corrected chi connectivity index (χ2v) is 5.56. The van der Waals surface area contributed by atoms with Crippen molar-refractivity contribution in [2.24, 2.45) is 7.05 Å². The minimum absolute atomic E-state index is 0.165. The smallest absolute Gasteiger partial charge is 0.274 e. The molecule has 0 spiro atoms. The minimum atomic E-state index is -0.653. The molecule has 3 rings (SSSR count). The summed E-state index contributed by atoms with van der Waals surface area (Å²) in [4.78, 5) is 15.9. The van der Waals surface area contributed by atoms with Gasteiger partial charge in [0.1, 0.15) is 5.82 Å². The van der Waals surface area contributed by atoms with E-state index in [1.807, 2.05) is 23.7 Å². The number of aryl methyl sites for hydroxylation is 1. The van der Waals surface area contributed by atoms with Crippen molar-refractivity contribution in [2.45, 2.75) is 0 Å². The maximum Gasteiger partial charge on any atom is 0.274 e. The summed E-state index contributed by atoms with van der Waals surface area (Å²) in [6, 6.07) is 13.3. The Labute approximate surface area is 144 Å². The van der Waals surface area contributed by atoms with Crippen LogP contribution in [-0.4, -0.2) is 20.7 Å². The molecule has 126 valence electrons. The second kappa shape index (κ2) is 6.70. The Morgan fingerprint density at radius 1 is 1.12 bits per heavy atom. The number of halogens is 1. The fourth-order valence-corrected chi connectivity index (χ4v) is 2.62. The van der Waals surface area contributed by atoms with Crippen molar-refractivity contribution in [3.63, 3.8) is 0 Å². The molecule has 2 aromatic carbocycles. The molecule has 0 atom stereocenters. The number of hydrogen-bond donors (Lipinski definition) is 2. The number of amides is 1. The van der Waals surface area contributed by atoms with Crippen LogP contribution in [0.2, 0.25) is 0 Å². The van der Waals surface area contributed by atoms with Crippen molar-refractivity contribution >= 4 is 11.5 Å². The topological polar surface area (TPSA) is 67.2 Å². The SMILES string of the molecule is C=C(C(=O)NO)c1ccc(-c2c(-c3ccc(F)cc3)ncn2C)cc1. The molecule has 0 bridgehead atoms. The average Bonchev–Trinajstić information content (AvgIpc) is 3.02. The molecule has 0 aliphatic rings. The summed E-state index contributed by atoms with van der Waals surface area (Å²) in [6.07, 6.45) is 1.69. The van der Waals surface area contributed by atoms with Crippen molar-refractivity contribution < 1.29 is 14.4 Å². The van der Waals surface area contributed by atoms with Crippen molar-refractivity contribution in [3.05, 3.63) is 72.8 Å². The lowest BCUT2D eigenvalue weighted by molar-refractivity contribution is -0.123. The summed E-state index contributed by atoms with van der Waals surface area (Å²) in [6.45, 7) is 3.65. The molecule has 2 N–H and O–H groups in total. The number of carbonyl (C=O) groups excluding carboxylic acids is 1. The van der Waals surface area contributed by atoms with Crippen LogP contribution in [0.15, 0.2) is 61.4 Å². The van der Waals surface area contributed by atoms with Gasteiger partial charge in [-0.05, 0) is 29.8 Å². The average molecular weight is 337 g/mol. The van der Waals surface area contributed by atoms with Crippen molar-refractivity contribution in [1.29, 1.82) is 0 Å². The van der Waals surface area contributed by atoms with E-state index in [1.165, 1.54) is 12.1 Å². The number of hydrogen-bond acceptors (Lipinski definition) is 3. The number of nitrogens with zero attached hydrogens (tertiary/aromatic N) is 2. The molecular formula is C19H16FN3O2. The van der Waals surface area contributed by atoms with E-state index in [-0.39, 0.29) is 11.4 Å². The number of aromatic nitrogens is 2. The predicted molar refractivity (Wildman–Crippen MR) is 93.0 cm³/mol. The van der Waals surface area contributed by atoms with Crippen molar-refractivity contribution in [1.82, 2.24) is 15.0 Å². The number of nitrogens with one attached hydrogen (secondary N) is 1. The maximum atomic E-state index is 13.2. The fourth-order valence-electron chi connectivity index (χ4n) is 2.62. The normalized spacial score (nSPS) is 10.5. The lowest BCUT2D eigenvalue weighted by Crippen LogP contribution is -2.19. The maximum absolute atomic E-state index is 13.2. The monoisotopic (exact) mass is 337 g/mol. The molecule has 1 heterocycles. The first-order valence-electron chi connectivity index (χ1n) is 7.52. The molecule has 25 heavy (non-hydrogen) atoms. The molecule has 3 aromatic rings. The van der Waals surface area contributed by atoms with Gasteiger partial charge in [-0.15, -0.1) is 0 Å². The van der Waals surface area contributed by atoms with Gasteiger partial charge in [-0.2, -0.15) is 0 Å². The number of benzene rings is 2. The zero-order valence-corrected chi connectivity index (χ0v) is 13.5. The van der Waals surface area contributed by atoms with Crippen molar-refractivity contribution in [3.8, 4) is 22.5 Å². The molecular weight excluding hydrogens is 321 g/mol. The molecule has 1 aromatic heterocycles. The van der Waals surface area contributed by atoms with E-state index in [0.29, 0.717) is 5.56 Å². The highest BCUT2D eigenvalue weighted by atomic mass is 19.1. The van der Waals surface area contributed by atoms with Crippen LogP contribution in [0, 0.1) is 5.82 Å². The Morgan fingerprint density at radius 2 is 1.72 bits per heavy atom. The predicted octanol–water partition coefficient (Wildman–Crippen LogP) is 3.41. The standard InChI is InChI=1S/C19H16FN3O2/c1-12(19(24)22-25)13-3-5-15(6-4-13)18-17(21-11-23(18)2)14-7-9-16(20)10-8-14/h3-11,25H,1H2,2H3,(H,22,24). The van der Waals surface area contributed by atoms with E-state index in [9.17, 15) is 9.18 Å². The van der Waals surface area contributed by atoms with Crippen LogP contribution in [0.3, 0.4) is 0 Å². The van der Waals surface area contributed by atoms with Gasteiger partial charge < -0.3 is 4.57 Å². The van der Waals surface area contributed by atoms with E-state index in [4.69, 9.17) is 5.21 Å². The largest absolute Gasteiger partial charge is 0.333 e. The van der Waals surface area contributed by atoms with Crippen LogP contribution >= 0.6 is 0 Å². The molecule has 1 amide bonds. The van der Waals surface area contributed by atoms with E-state index >= 15 is 0 Å². The summed E-state index contributed by atoms with van der Waals surface area (Å²) in [5.74, 6) is -0.952. The summed E-state index contributed by atoms with van der Waals surface area (Å²) < 4.78 is 15.0. The Hall–Kier alpha value is -3.25. The van der Waals surface area contributed by atoms with Gasteiger partial charge in [0, 0.05) is 23.7 Å². The van der Waals surface area contributed by atoms with E-state index in [2.05, 4.69) is 11.6 Å². The van der Waals surface area contributed by atoms with Crippen LogP contribution in [0.1, 0.15) is 5.56 Å². The van der Waals surface area contributed by atoms with Gasteiger partial charge in [-0.3, -0.25) is 10.0 Å². The molecule has 0 aliphatic carbocycles. The molecule has 0 radical (unpaired) electrons. The molecule has 0 saturated carbocycles. The Kier molecular flexibility index (Phi) is 4.45. The molecule has 0 fully saturated rings. The highest BCUT2D eigenvalue weighted by Crippen LogP contribution is 2.31. The van der Waals surface area contributed by atoms with Crippen LogP contribution in [-0.2, 0) is 11.8 Å². The summed E-state index contributed by atoms with van der Waals surface area (Å²) in [5, 5.41) is 8.69. The first kappa shape index (κ1) is 16.6. The van der Waals surface area contributed by atoms with Gasteiger partial charge in [0.15, 0.2) is 0 Å². The first-order chi connectivity index (χ1) is 12.0. The number of hydroxylamine groups is 1. The number of imidazole rings is 1. The summed E-state index contributed by atoms with van der Waals surface area (Å²) in [7, 11) is 1.88. The Balaban J connectivity index is 2.00. The number of rotatable bonds is 4. The Bertz CT molecular complexity index is 928. The Morgan fingerprint density at radius 3 is 2.32 bits per heavy atom. The van der Waals surface area contributed by atoms with Gasteiger partial charge in [0.2, 0.25) is 0 Å². The summed E-state index contributed by atoms with van der Waals surface area (Å²) in [5.41, 5.74) is 5.64. The second-order valence-electron chi connectivity index (χ2n) is 5.56. The molecule has 0 aliphatic heterocycles. The highest BCUT2D eigenvalue weighted by molar-refractivity contribution is 6.18. The van der Waals surface area contributed by atoms with Crippen LogP contribution in [0.4, 0.5) is 4.39 Å². The lowest BCUT2D eigenvalue weighted by Gasteiger charge is -2.09. The van der Waals surface area contributed by atoms with E-state index < -0.39 is 5.91 Å². The molecule has 0 unspecified atom stereocenters. The molecule has 0 saturated heterocycles. The molecule has 5 nitrogen and oxygen atoms in total. The summed E-state index contributed by atoms with van der Waals surface area (Å²) >= 11 is 0. The fraction of sp³-hybridized carbons (Fsp3) is 0.0526. The zero-order chi connectivity index (χ0) is 18.0. The third kappa shape index (κ3) is 3.20. The first-order valence-corrected chi connectivity index (χ1v) is 7.52. The van der Waals surface area contributed by atoms with Gasteiger partial charge in [-0.25, -0.2) is 14.9 Å². The lowest BCUT2D eigenvalue weighted by atomic mass is 10.0.